The Bertz CT molecular complexity index is 866. The summed E-state index contributed by atoms with van der Waals surface area (Å²) in [5, 5.41) is 14.7. The molecule has 1 aromatic heterocycles. The molecular weight excluding hydrogens is 302 g/mol. The first-order valence-corrected chi connectivity index (χ1v) is 8.10. The van der Waals surface area contributed by atoms with Gasteiger partial charge in [0.2, 0.25) is 0 Å². The summed E-state index contributed by atoms with van der Waals surface area (Å²) in [6.07, 6.45) is 1.79. The summed E-state index contributed by atoms with van der Waals surface area (Å²) in [7, 11) is 0. The molecular formula is C18H19N5O. The van der Waals surface area contributed by atoms with Gasteiger partial charge in [-0.25, -0.2) is 0 Å². The van der Waals surface area contributed by atoms with Crippen molar-refractivity contribution in [2.75, 3.05) is 31.5 Å². The second-order valence-electron chi connectivity index (χ2n) is 5.88. The highest BCUT2D eigenvalue weighted by molar-refractivity contribution is 6.00. The van der Waals surface area contributed by atoms with Crippen LogP contribution in [0.2, 0.25) is 0 Å². The van der Waals surface area contributed by atoms with E-state index in [2.05, 4.69) is 20.8 Å². The van der Waals surface area contributed by atoms with Crippen molar-refractivity contribution in [2.24, 2.45) is 0 Å². The number of hydrogen-bond donors (Lipinski definition) is 3. The fourth-order valence-electron chi connectivity index (χ4n) is 2.99. The van der Waals surface area contributed by atoms with Crippen molar-refractivity contribution in [3.8, 4) is 0 Å². The molecule has 0 spiro atoms. The molecule has 0 bridgehead atoms. The van der Waals surface area contributed by atoms with Crippen LogP contribution in [0.5, 0.6) is 0 Å². The lowest BCUT2D eigenvalue weighted by Gasteiger charge is -2.28. The maximum Gasteiger partial charge on any atom is 0.256 e. The number of aromatic nitrogens is 2. The summed E-state index contributed by atoms with van der Waals surface area (Å²) < 4.78 is 0. The van der Waals surface area contributed by atoms with Crippen molar-refractivity contribution in [1.82, 2.24) is 20.4 Å². The summed E-state index contributed by atoms with van der Waals surface area (Å²) in [6, 6.07) is 13.6. The maximum absolute atomic E-state index is 12.8. The number of piperazine rings is 1. The summed E-state index contributed by atoms with van der Waals surface area (Å²) >= 11 is 0. The van der Waals surface area contributed by atoms with E-state index >= 15 is 0 Å². The van der Waals surface area contributed by atoms with Gasteiger partial charge >= 0.3 is 0 Å². The molecule has 0 atom stereocenters. The normalized spacial score (nSPS) is 14.8. The van der Waals surface area contributed by atoms with Gasteiger partial charge in [-0.3, -0.25) is 9.89 Å². The lowest BCUT2D eigenvalue weighted by atomic mass is 10.1. The molecule has 2 heterocycles. The summed E-state index contributed by atoms with van der Waals surface area (Å²) in [5.41, 5.74) is 3.45. The number of para-hydroxylation sites is 1. The van der Waals surface area contributed by atoms with E-state index < -0.39 is 0 Å². The first kappa shape index (κ1) is 14.7. The predicted molar refractivity (Wildman–Crippen MR) is 94.6 cm³/mol. The molecule has 0 aliphatic carbocycles. The first-order valence-electron chi connectivity index (χ1n) is 8.10. The quantitative estimate of drug-likeness (QED) is 0.692. The van der Waals surface area contributed by atoms with Crippen LogP contribution in [0.3, 0.4) is 0 Å². The standard InChI is InChI=1S/C18H19N5O/c24-18(23-9-7-19-8-10-23)15-3-1-2-4-17(15)21-14-5-6-16-13(11-14)12-20-22-16/h1-6,11-12,19,21H,7-10H2,(H,20,22). The number of anilines is 2. The minimum Gasteiger partial charge on any atom is -0.355 e. The third kappa shape index (κ3) is 2.83. The minimum atomic E-state index is 0.0731. The summed E-state index contributed by atoms with van der Waals surface area (Å²) in [5.74, 6) is 0.0731. The molecule has 6 heteroatoms. The minimum absolute atomic E-state index is 0.0731. The Hall–Kier alpha value is -2.86. The lowest BCUT2D eigenvalue weighted by Crippen LogP contribution is -2.46. The van der Waals surface area contributed by atoms with Gasteiger partial charge in [0.15, 0.2) is 0 Å². The van der Waals surface area contributed by atoms with Crippen LogP contribution in [-0.2, 0) is 0 Å². The molecule has 1 amide bonds. The molecule has 4 rings (SSSR count). The van der Waals surface area contributed by atoms with Gasteiger partial charge in [-0.15, -0.1) is 0 Å². The van der Waals surface area contributed by atoms with E-state index in [0.29, 0.717) is 5.56 Å². The monoisotopic (exact) mass is 321 g/mol. The zero-order valence-corrected chi connectivity index (χ0v) is 13.2. The number of nitrogens with zero attached hydrogens (tertiary/aromatic N) is 2. The van der Waals surface area contributed by atoms with Gasteiger partial charge in [0, 0.05) is 37.3 Å². The smallest absolute Gasteiger partial charge is 0.256 e. The van der Waals surface area contributed by atoms with E-state index in [9.17, 15) is 4.79 Å². The molecule has 3 N–H and O–H groups in total. The molecule has 1 saturated heterocycles. The molecule has 0 radical (unpaired) electrons. The molecule has 1 aliphatic heterocycles. The second-order valence-corrected chi connectivity index (χ2v) is 5.88. The molecule has 122 valence electrons. The van der Waals surface area contributed by atoms with Crippen molar-refractivity contribution < 1.29 is 4.79 Å². The van der Waals surface area contributed by atoms with Gasteiger partial charge in [0.25, 0.3) is 5.91 Å². The van der Waals surface area contributed by atoms with Gasteiger partial charge in [0.05, 0.1) is 23.0 Å². The number of hydrogen-bond acceptors (Lipinski definition) is 4. The van der Waals surface area contributed by atoms with Crippen molar-refractivity contribution in [3.05, 3.63) is 54.2 Å². The van der Waals surface area contributed by atoms with E-state index in [4.69, 9.17) is 0 Å². The van der Waals surface area contributed by atoms with Gasteiger partial charge in [-0.1, -0.05) is 12.1 Å². The average molecular weight is 321 g/mol. The molecule has 24 heavy (non-hydrogen) atoms. The zero-order chi connectivity index (χ0) is 16.4. The molecule has 0 saturated carbocycles. The number of carbonyl (C=O) groups is 1. The fourth-order valence-corrected chi connectivity index (χ4v) is 2.99. The van der Waals surface area contributed by atoms with Gasteiger partial charge in [-0.2, -0.15) is 5.10 Å². The Morgan fingerprint density at radius 3 is 2.83 bits per heavy atom. The number of rotatable bonds is 3. The van der Waals surface area contributed by atoms with Crippen molar-refractivity contribution in [3.63, 3.8) is 0 Å². The van der Waals surface area contributed by atoms with Crippen molar-refractivity contribution >= 4 is 28.2 Å². The SMILES string of the molecule is O=C(c1ccccc1Nc1ccc2[nH]ncc2c1)N1CCNCC1. The third-order valence-electron chi connectivity index (χ3n) is 4.28. The predicted octanol–water partition coefficient (Wildman–Crippen LogP) is 2.35. The Kier molecular flexibility index (Phi) is 3.88. The molecule has 0 unspecified atom stereocenters. The molecule has 3 aromatic rings. The van der Waals surface area contributed by atoms with E-state index in [-0.39, 0.29) is 5.91 Å². The van der Waals surface area contributed by atoms with Crippen molar-refractivity contribution in [1.29, 1.82) is 0 Å². The number of benzene rings is 2. The van der Waals surface area contributed by atoms with E-state index in [0.717, 1.165) is 48.5 Å². The topological polar surface area (TPSA) is 73.0 Å². The van der Waals surface area contributed by atoms with Crippen LogP contribution >= 0.6 is 0 Å². The highest BCUT2D eigenvalue weighted by atomic mass is 16.2. The van der Waals surface area contributed by atoms with E-state index in [1.54, 1.807) is 6.20 Å². The number of fused-ring (bicyclic) bond motifs is 1. The van der Waals surface area contributed by atoms with Crippen LogP contribution in [-0.4, -0.2) is 47.2 Å². The van der Waals surface area contributed by atoms with Crippen LogP contribution in [0.25, 0.3) is 10.9 Å². The van der Waals surface area contributed by atoms with Crippen LogP contribution in [0.4, 0.5) is 11.4 Å². The highest BCUT2D eigenvalue weighted by Crippen LogP contribution is 2.24. The number of H-pyrrole nitrogens is 1. The molecule has 2 aromatic carbocycles. The van der Waals surface area contributed by atoms with Crippen molar-refractivity contribution in [2.45, 2.75) is 0 Å². The largest absolute Gasteiger partial charge is 0.355 e. The maximum atomic E-state index is 12.8. The van der Waals surface area contributed by atoms with E-state index in [1.807, 2.05) is 47.4 Å². The Labute approximate surface area is 139 Å². The highest BCUT2D eigenvalue weighted by Gasteiger charge is 2.20. The van der Waals surface area contributed by atoms with Crippen LogP contribution in [0.1, 0.15) is 10.4 Å². The number of amides is 1. The number of carbonyl (C=O) groups excluding carboxylic acids is 1. The summed E-state index contributed by atoms with van der Waals surface area (Å²) in [6.45, 7) is 3.18. The molecule has 1 aliphatic rings. The van der Waals surface area contributed by atoms with Gasteiger partial charge < -0.3 is 15.5 Å². The second kappa shape index (κ2) is 6.33. The van der Waals surface area contributed by atoms with Gasteiger partial charge in [0.1, 0.15) is 0 Å². The van der Waals surface area contributed by atoms with Crippen LogP contribution in [0, 0.1) is 0 Å². The number of nitrogens with one attached hydrogen (secondary N) is 3. The Morgan fingerprint density at radius 2 is 1.96 bits per heavy atom. The Morgan fingerprint density at radius 1 is 1.12 bits per heavy atom. The molecule has 6 nitrogen and oxygen atoms in total. The molecule has 1 fully saturated rings. The summed E-state index contributed by atoms with van der Waals surface area (Å²) in [4.78, 5) is 14.7. The average Bonchev–Trinajstić information content (AvgIpc) is 3.10. The Balaban J connectivity index is 1.62. The van der Waals surface area contributed by atoms with Gasteiger partial charge in [-0.05, 0) is 30.3 Å². The van der Waals surface area contributed by atoms with Crippen LogP contribution in [0.15, 0.2) is 48.7 Å². The van der Waals surface area contributed by atoms with E-state index in [1.165, 1.54) is 0 Å². The van der Waals surface area contributed by atoms with Crippen LogP contribution < -0.4 is 10.6 Å². The zero-order valence-electron chi connectivity index (χ0n) is 13.2. The fraction of sp³-hybridized carbons (Fsp3) is 0.222. The number of aromatic amines is 1. The lowest BCUT2D eigenvalue weighted by molar-refractivity contribution is 0.0737. The third-order valence-corrected chi connectivity index (χ3v) is 4.28. The first-order chi connectivity index (χ1) is 11.8.